The van der Waals surface area contributed by atoms with Gasteiger partial charge in [-0.25, -0.2) is 4.39 Å². The zero-order chi connectivity index (χ0) is 9.64. The predicted octanol–water partition coefficient (Wildman–Crippen LogP) is 2.82. The lowest BCUT2D eigenvalue weighted by Gasteiger charge is -2.09. The third-order valence-corrected chi connectivity index (χ3v) is 3.30. The molecule has 0 heterocycles. The minimum absolute atomic E-state index is 0.282. The largest absolute Gasteiger partial charge is 0.385 e. The van der Waals surface area contributed by atoms with Crippen LogP contribution in [0, 0.1) is 11.7 Å². The second-order valence-corrected chi connectivity index (χ2v) is 4.51. The average molecular weight is 245 g/mol. The van der Waals surface area contributed by atoms with E-state index in [1.165, 1.54) is 6.07 Å². The summed E-state index contributed by atoms with van der Waals surface area (Å²) in [6.07, 6.45) is 0.769. The molecule has 0 aromatic heterocycles. The van der Waals surface area contributed by atoms with E-state index in [9.17, 15) is 9.50 Å². The van der Waals surface area contributed by atoms with Crippen molar-refractivity contribution >= 4 is 15.9 Å². The molecule has 1 aliphatic rings. The Kier molecular flexibility index (Phi) is 1.96. The van der Waals surface area contributed by atoms with E-state index < -0.39 is 5.60 Å². The van der Waals surface area contributed by atoms with Crippen molar-refractivity contribution in [2.45, 2.75) is 18.9 Å². The maximum absolute atomic E-state index is 12.9. The Morgan fingerprint density at radius 3 is 2.69 bits per heavy atom. The van der Waals surface area contributed by atoms with Gasteiger partial charge in [-0.05, 0) is 46.0 Å². The molecular weight excluding hydrogens is 235 g/mol. The quantitative estimate of drug-likeness (QED) is 0.806. The smallest absolute Gasteiger partial charge is 0.137 e. The second-order valence-electron chi connectivity index (χ2n) is 3.66. The molecule has 3 heteroatoms. The van der Waals surface area contributed by atoms with Gasteiger partial charge >= 0.3 is 0 Å². The zero-order valence-electron chi connectivity index (χ0n) is 7.22. The van der Waals surface area contributed by atoms with Crippen molar-refractivity contribution in [1.29, 1.82) is 0 Å². The maximum atomic E-state index is 12.9. The van der Waals surface area contributed by atoms with E-state index in [-0.39, 0.29) is 11.7 Å². The summed E-state index contributed by atoms with van der Waals surface area (Å²) in [4.78, 5) is 0. The van der Waals surface area contributed by atoms with Crippen LogP contribution in [0.2, 0.25) is 0 Å². The van der Waals surface area contributed by atoms with Gasteiger partial charge in [0.05, 0.1) is 10.1 Å². The van der Waals surface area contributed by atoms with E-state index >= 15 is 0 Å². The molecule has 1 fully saturated rings. The zero-order valence-corrected chi connectivity index (χ0v) is 8.81. The molecule has 1 aromatic carbocycles. The Morgan fingerprint density at radius 2 is 2.23 bits per heavy atom. The molecule has 0 bridgehead atoms. The first-order valence-electron chi connectivity index (χ1n) is 4.22. The standard InChI is InChI=1S/C10H10BrFO/c1-6-5-10(6,13)7-2-3-9(12)8(11)4-7/h2-4,6,13H,5H2,1H3. The van der Waals surface area contributed by atoms with Gasteiger partial charge in [-0.3, -0.25) is 0 Å². The number of hydrogen-bond acceptors (Lipinski definition) is 1. The summed E-state index contributed by atoms with van der Waals surface area (Å²) in [6.45, 7) is 1.98. The highest BCUT2D eigenvalue weighted by Gasteiger charge is 2.50. The van der Waals surface area contributed by atoms with Crippen LogP contribution >= 0.6 is 15.9 Å². The van der Waals surface area contributed by atoms with E-state index in [0.29, 0.717) is 4.47 Å². The molecule has 1 aliphatic carbocycles. The molecule has 13 heavy (non-hydrogen) atoms. The minimum Gasteiger partial charge on any atom is -0.385 e. The normalized spacial score (nSPS) is 31.8. The summed E-state index contributed by atoms with van der Waals surface area (Å²) in [7, 11) is 0. The number of halogens is 2. The van der Waals surface area contributed by atoms with Crippen molar-refractivity contribution in [1.82, 2.24) is 0 Å². The number of benzene rings is 1. The van der Waals surface area contributed by atoms with Crippen molar-refractivity contribution in [3.8, 4) is 0 Å². The van der Waals surface area contributed by atoms with E-state index in [1.54, 1.807) is 12.1 Å². The molecule has 2 unspecified atom stereocenters. The summed E-state index contributed by atoms with van der Waals surface area (Å²) in [5.41, 5.74) is 0.0872. The fourth-order valence-electron chi connectivity index (χ4n) is 1.58. The predicted molar refractivity (Wildman–Crippen MR) is 51.8 cm³/mol. The van der Waals surface area contributed by atoms with Crippen LogP contribution in [0.15, 0.2) is 22.7 Å². The molecule has 1 N–H and O–H groups in total. The van der Waals surface area contributed by atoms with Crippen LogP contribution in [0.3, 0.4) is 0 Å². The van der Waals surface area contributed by atoms with Crippen molar-refractivity contribution in [3.63, 3.8) is 0 Å². The Morgan fingerprint density at radius 1 is 1.62 bits per heavy atom. The van der Waals surface area contributed by atoms with Gasteiger partial charge in [-0.2, -0.15) is 0 Å². The summed E-state index contributed by atoms with van der Waals surface area (Å²) in [6, 6.07) is 4.67. The van der Waals surface area contributed by atoms with Crippen LogP contribution in [0.25, 0.3) is 0 Å². The topological polar surface area (TPSA) is 20.2 Å². The molecule has 0 radical (unpaired) electrons. The van der Waals surface area contributed by atoms with Crippen molar-refractivity contribution in [3.05, 3.63) is 34.1 Å². The highest BCUT2D eigenvalue weighted by molar-refractivity contribution is 9.10. The van der Waals surface area contributed by atoms with Gasteiger partial charge in [0, 0.05) is 0 Å². The SMILES string of the molecule is CC1CC1(O)c1ccc(F)c(Br)c1. The highest BCUT2D eigenvalue weighted by Crippen LogP contribution is 2.51. The minimum atomic E-state index is -0.712. The first kappa shape index (κ1) is 9.16. The monoisotopic (exact) mass is 244 g/mol. The fraction of sp³-hybridized carbons (Fsp3) is 0.400. The lowest BCUT2D eigenvalue weighted by atomic mass is 10.1. The maximum Gasteiger partial charge on any atom is 0.137 e. The first-order valence-corrected chi connectivity index (χ1v) is 5.01. The Labute approximate surface area is 84.7 Å². The van der Waals surface area contributed by atoms with Crippen molar-refractivity contribution in [2.75, 3.05) is 0 Å². The molecule has 2 rings (SSSR count). The third kappa shape index (κ3) is 1.40. The molecule has 0 spiro atoms. The van der Waals surface area contributed by atoms with Gasteiger partial charge in [0.2, 0.25) is 0 Å². The lowest BCUT2D eigenvalue weighted by molar-refractivity contribution is 0.134. The van der Waals surface area contributed by atoms with Gasteiger partial charge in [0.1, 0.15) is 5.82 Å². The Balaban J connectivity index is 2.38. The van der Waals surface area contributed by atoms with E-state index in [2.05, 4.69) is 15.9 Å². The molecule has 1 nitrogen and oxygen atoms in total. The molecule has 1 aromatic rings. The van der Waals surface area contributed by atoms with Gasteiger partial charge in [-0.15, -0.1) is 0 Å². The van der Waals surface area contributed by atoms with Crippen LogP contribution in [0.4, 0.5) is 4.39 Å². The summed E-state index contributed by atoms with van der Waals surface area (Å²) >= 11 is 3.10. The molecular formula is C10H10BrFO. The highest BCUT2D eigenvalue weighted by atomic mass is 79.9. The van der Waals surface area contributed by atoms with Crippen LogP contribution in [-0.4, -0.2) is 5.11 Å². The lowest BCUT2D eigenvalue weighted by Crippen LogP contribution is -2.07. The van der Waals surface area contributed by atoms with E-state index in [4.69, 9.17) is 0 Å². The molecule has 0 saturated heterocycles. The second kappa shape index (κ2) is 2.79. The number of aliphatic hydroxyl groups is 1. The Bertz CT molecular complexity index is 353. The van der Waals surface area contributed by atoms with E-state index in [1.807, 2.05) is 6.92 Å². The molecule has 1 saturated carbocycles. The van der Waals surface area contributed by atoms with Gasteiger partial charge in [-0.1, -0.05) is 13.0 Å². The summed E-state index contributed by atoms with van der Waals surface area (Å²) in [5.74, 6) is -0.00878. The van der Waals surface area contributed by atoms with Gasteiger partial charge in [0.25, 0.3) is 0 Å². The van der Waals surface area contributed by atoms with Gasteiger partial charge < -0.3 is 5.11 Å². The summed E-state index contributed by atoms with van der Waals surface area (Å²) in [5, 5.41) is 9.94. The van der Waals surface area contributed by atoms with Gasteiger partial charge in [0.15, 0.2) is 0 Å². The van der Waals surface area contributed by atoms with Crippen LogP contribution < -0.4 is 0 Å². The molecule has 70 valence electrons. The van der Waals surface area contributed by atoms with Crippen LogP contribution in [-0.2, 0) is 5.60 Å². The molecule has 0 amide bonds. The third-order valence-electron chi connectivity index (χ3n) is 2.69. The van der Waals surface area contributed by atoms with E-state index in [0.717, 1.165) is 12.0 Å². The molecule has 2 atom stereocenters. The average Bonchev–Trinajstić information content (AvgIpc) is 2.67. The Hall–Kier alpha value is -0.410. The first-order chi connectivity index (χ1) is 6.04. The van der Waals surface area contributed by atoms with Crippen molar-refractivity contribution < 1.29 is 9.50 Å². The molecule has 0 aliphatic heterocycles. The van der Waals surface area contributed by atoms with Crippen LogP contribution in [0.1, 0.15) is 18.9 Å². The fourth-order valence-corrected chi connectivity index (χ4v) is 1.95. The number of hydrogen-bond donors (Lipinski definition) is 1. The van der Waals surface area contributed by atoms with Crippen molar-refractivity contribution in [2.24, 2.45) is 5.92 Å². The van der Waals surface area contributed by atoms with Crippen LogP contribution in [0.5, 0.6) is 0 Å². The number of rotatable bonds is 1. The summed E-state index contributed by atoms with van der Waals surface area (Å²) < 4.78 is 13.3.